The van der Waals surface area contributed by atoms with Gasteiger partial charge in [-0.3, -0.25) is 4.79 Å². The first kappa shape index (κ1) is 14.8. The van der Waals surface area contributed by atoms with Gasteiger partial charge in [0.05, 0.1) is 6.10 Å². The third-order valence-corrected chi connectivity index (χ3v) is 3.55. The maximum absolute atomic E-state index is 12.6. The molecule has 2 rings (SSSR count). The van der Waals surface area contributed by atoms with Crippen LogP contribution in [-0.4, -0.2) is 11.9 Å². The first-order valence-corrected chi connectivity index (χ1v) is 7.67. The van der Waals surface area contributed by atoms with Crippen LogP contribution in [0.2, 0.25) is 0 Å². The van der Waals surface area contributed by atoms with E-state index in [0.717, 1.165) is 36.1 Å². The molecular formula is C18H24O2. The summed E-state index contributed by atoms with van der Waals surface area (Å²) in [6.07, 6.45) is 9.06. The standard InChI is InChI=1S/C18H24O2/c1-14(2)20-17-12-8-11-16(13-17)18(19)15-9-6-4-3-5-7-10-15/h8-9,11-14H,3-7,10H2,1-2H3/b15-9+. The van der Waals surface area contributed by atoms with Gasteiger partial charge in [-0.2, -0.15) is 0 Å². The number of Topliss-reactive ketones (excluding diaryl/α,β-unsaturated/α-hetero) is 1. The molecule has 2 heteroatoms. The highest BCUT2D eigenvalue weighted by Gasteiger charge is 2.14. The number of hydrogen-bond acceptors (Lipinski definition) is 2. The molecule has 20 heavy (non-hydrogen) atoms. The lowest BCUT2D eigenvalue weighted by molar-refractivity contribution is 0.102. The second-order valence-corrected chi connectivity index (χ2v) is 5.71. The van der Waals surface area contributed by atoms with Crippen LogP contribution >= 0.6 is 0 Å². The molecule has 0 heterocycles. The minimum absolute atomic E-state index is 0.126. The largest absolute Gasteiger partial charge is 0.491 e. The van der Waals surface area contributed by atoms with Crippen molar-refractivity contribution in [2.45, 2.75) is 58.5 Å². The van der Waals surface area contributed by atoms with Gasteiger partial charge < -0.3 is 4.74 Å². The number of ketones is 1. The summed E-state index contributed by atoms with van der Waals surface area (Å²) in [5.74, 6) is 0.943. The van der Waals surface area contributed by atoms with E-state index in [1.54, 1.807) is 0 Å². The Morgan fingerprint density at radius 1 is 1.15 bits per heavy atom. The van der Waals surface area contributed by atoms with Crippen LogP contribution in [0.4, 0.5) is 0 Å². The van der Waals surface area contributed by atoms with Crippen LogP contribution in [0.3, 0.4) is 0 Å². The molecule has 0 N–H and O–H groups in total. The Balaban J connectivity index is 2.15. The Morgan fingerprint density at radius 2 is 1.95 bits per heavy atom. The molecule has 0 saturated heterocycles. The number of carbonyl (C=O) groups excluding carboxylic acids is 1. The Bertz CT molecular complexity index is 486. The van der Waals surface area contributed by atoms with Gasteiger partial charge in [0.2, 0.25) is 0 Å². The maximum atomic E-state index is 12.6. The normalized spacial score (nSPS) is 18.9. The van der Waals surface area contributed by atoms with Crippen LogP contribution in [0, 0.1) is 0 Å². The van der Waals surface area contributed by atoms with Crippen molar-refractivity contribution in [3.8, 4) is 5.75 Å². The molecule has 1 aliphatic rings. The second-order valence-electron chi connectivity index (χ2n) is 5.71. The fourth-order valence-electron chi connectivity index (χ4n) is 2.57. The van der Waals surface area contributed by atoms with Gasteiger partial charge in [0, 0.05) is 5.56 Å². The molecule has 108 valence electrons. The molecule has 0 aliphatic heterocycles. The molecule has 0 aromatic heterocycles. The zero-order valence-corrected chi connectivity index (χ0v) is 12.5. The van der Waals surface area contributed by atoms with Crippen LogP contribution in [0.5, 0.6) is 5.75 Å². The summed E-state index contributed by atoms with van der Waals surface area (Å²) in [6, 6.07) is 7.55. The lowest BCUT2D eigenvalue weighted by Crippen LogP contribution is -2.08. The first-order chi connectivity index (χ1) is 9.66. The Morgan fingerprint density at radius 3 is 2.75 bits per heavy atom. The lowest BCUT2D eigenvalue weighted by Gasteiger charge is -2.13. The highest BCUT2D eigenvalue weighted by Crippen LogP contribution is 2.23. The van der Waals surface area contributed by atoms with Crippen LogP contribution in [0.25, 0.3) is 0 Å². The highest BCUT2D eigenvalue weighted by molar-refractivity contribution is 6.08. The molecule has 0 bridgehead atoms. The summed E-state index contributed by atoms with van der Waals surface area (Å²) < 4.78 is 5.67. The van der Waals surface area contributed by atoms with Gasteiger partial charge in [0.1, 0.15) is 5.75 Å². The van der Waals surface area contributed by atoms with Gasteiger partial charge in [-0.1, -0.05) is 31.1 Å². The van der Waals surface area contributed by atoms with E-state index in [4.69, 9.17) is 4.74 Å². The van der Waals surface area contributed by atoms with E-state index < -0.39 is 0 Å². The van der Waals surface area contributed by atoms with Crippen molar-refractivity contribution in [1.82, 2.24) is 0 Å². The fourth-order valence-corrected chi connectivity index (χ4v) is 2.57. The SMILES string of the molecule is CC(C)Oc1cccc(C(=O)/C2=C/CCCCCC2)c1. The molecule has 0 radical (unpaired) electrons. The average molecular weight is 272 g/mol. The average Bonchev–Trinajstić information content (AvgIpc) is 2.37. The van der Waals surface area contributed by atoms with E-state index in [0.29, 0.717) is 0 Å². The maximum Gasteiger partial charge on any atom is 0.188 e. The molecule has 1 aromatic rings. The van der Waals surface area contributed by atoms with Crippen molar-refractivity contribution in [2.75, 3.05) is 0 Å². The van der Waals surface area contributed by atoms with Crippen LogP contribution in [0.1, 0.15) is 62.7 Å². The molecule has 1 aliphatic carbocycles. The van der Waals surface area contributed by atoms with Gasteiger partial charge >= 0.3 is 0 Å². The zero-order chi connectivity index (χ0) is 14.4. The number of rotatable bonds is 4. The van der Waals surface area contributed by atoms with Crippen molar-refractivity contribution in [1.29, 1.82) is 0 Å². The monoisotopic (exact) mass is 272 g/mol. The molecule has 0 amide bonds. The van der Waals surface area contributed by atoms with Crippen molar-refractivity contribution in [2.24, 2.45) is 0 Å². The van der Waals surface area contributed by atoms with Gasteiger partial charge in [-0.25, -0.2) is 0 Å². The summed E-state index contributed by atoms with van der Waals surface area (Å²) in [5.41, 5.74) is 1.72. The van der Waals surface area contributed by atoms with Gasteiger partial charge in [0.25, 0.3) is 0 Å². The number of benzene rings is 1. The molecule has 2 nitrogen and oxygen atoms in total. The zero-order valence-electron chi connectivity index (χ0n) is 12.5. The quantitative estimate of drug-likeness (QED) is 0.726. The molecule has 0 atom stereocenters. The van der Waals surface area contributed by atoms with Gasteiger partial charge in [0.15, 0.2) is 5.78 Å². The number of hydrogen-bond donors (Lipinski definition) is 0. The van der Waals surface area contributed by atoms with Gasteiger partial charge in [-0.15, -0.1) is 0 Å². The minimum atomic E-state index is 0.126. The van der Waals surface area contributed by atoms with Crippen LogP contribution in [0.15, 0.2) is 35.9 Å². The summed E-state index contributed by atoms with van der Waals surface area (Å²) in [4.78, 5) is 12.6. The minimum Gasteiger partial charge on any atom is -0.491 e. The topological polar surface area (TPSA) is 26.3 Å². The Labute approximate surface area is 121 Å². The fraction of sp³-hybridized carbons (Fsp3) is 0.500. The third kappa shape index (κ3) is 4.22. The van der Waals surface area contributed by atoms with E-state index in [9.17, 15) is 4.79 Å². The summed E-state index contributed by atoms with van der Waals surface area (Å²) in [7, 11) is 0. The van der Waals surface area contributed by atoms with Crippen molar-refractivity contribution < 1.29 is 9.53 Å². The molecule has 0 fully saturated rings. The summed E-state index contributed by atoms with van der Waals surface area (Å²) >= 11 is 0. The van der Waals surface area contributed by atoms with E-state index in [2.05, 4.69) is 6.08 Å². The van der Waals surface area contributed by atoms with Crippen LogP contribution in [-0.2, 0) is 0 Å². The van der Waals surface area contributed by atoms with E-state index in [-0.39, 0.29) is 11.9 Å². The highest BCUT2D eigenvalue weighted by atomic mass is 16.5. The van der Waals surface area contributed by atoms with Crippen molar-refractivity contribution in [3.05, 3.63) is 41.5 Å². The van der Waals surface area contributed by atoms with E-state index >= 15 is 0 Å². The molecule has 0 spiro atoms. The summed E-state index contributed by atoms with van der Waals surface area (Å²) in [5, 5.41) is 0. The van der Waals surface area contributed by atoms with Crippen LogP contribution < -0.4 is 4.74 Å². The second kappa shape index (κ2) is 7.28. The van der Waals surface area contributed by atoms with Crippen molar-refractivity contribution >= 4 is 5.78 Å². The predicted octanol–water partition coefficient (Wildman–Crippen LogP) is 4.94. The number of carbonyl (C=O) groups is 1. The van der Waals surface area contributed by atoms with E-state index in [1.165, 1.54) is 19.3 Å². The molecule has 0 saturated carbocycles. The first-order valence-electron chi connectivity index (χ1n) is 7.67. The number of allylic oxidation sites excluding steroid dienone is 2. The summed E-state index contributed by atoms with van der Waals surface area (Å²) in [6.45, 7) is 3.98. The molecule has 0 unspecified atom stereocenters. The smallest absolute Gasteiger partial charge is 0.188 e. The Hall–Kier alpha value is -1.57. The van der Waals surface area contributed by atoms with Gasteiger partial charge in [-0.05, 0) is 57.2 Å². The molecule has 1 aromatic carbocycles. The van der Waals surface area contributed by atoms with E-state index in [1.807, 2.05) is 38.1 Å². The third-order valence-electron chi connectivity index (χ3n) is 3.55. The lowest BCUT2D eigenvalue weighted by atomic mass is 9.94. The van der Waals surface area contributed by atoms with Crippen molar-refractivity contribution in [3.63, 3.8) is 0 Å². The predicted molar refractivity (Wildman–Crippen MR) is 82.3 cm³/mol. The Kier molecular flexibility index (Phi) is 5.40. The molecular weight excluding hydrogens is 248 g/mol. The number of ether oxygens (including phenoxy) is 1.